The number of likely N-dealkylation sites (N-methyl/N-ethyl adjacent to an activating group) is 1. The second-order valence-corrected chi connectivity index (χ2v) is 9.43. The van der Waals surface area contributed by atoms with Crippen molar-refractivity contribution in [3.8, 4) is 0 Å². The number of carbonyl (C=O) groups excluding carboxylic acids is 1. The number of aliphatic hydroxyl groups is 1. The fraction of sp³-hybridized carbons (Fsp3) is 0.348. The van der Waals surface area contributed by atoms with Crippen LogP contribution in [0.2, 0.25) is 10.0 Å². The van der Waals surface area contributed by atoms with Gasteiger partial charge in [-0.1, -0.05) is 35.3 Å². The fourth-order valence-electron chi connectivity index (χ4n) is 4.46. The van der Waals surface area contributed by atoms with Gasteiger partial charge in [-0.15, -0.1) is 0 Å². The molecule has 1 N–H and O–H groups in total. The summed E-state index contributed by atoms with van der Waals surface area (Å²) < 4.78 is 34.0. The highest BCUT2D eigenvalue weighted by atomic mass is 79.9. The molecule has 0 saturated carbocycles. The van der Waals surface area contributed by atoms with E-state index in [1.807, 2.05) is 0 Å². The summed E-state index contributed by atoms with van der Waals surface area (Å²) in [7, 11) is 4.26. The van der Waals surface area contributed by atoms with Gasteiger partial charge in [0, 0.05) is 24.0 Å². The lowest BCUT2D eigenvalue weighted by Crippen LogP contribution is -3.00. The Morgan fingerprint density at radius 2 is 1.44 bits per heavy atom. The van der Waals surface area contributed by atoms with Gasteiger partial charge in [-0.25, -0.2) is 13.6 Å². The van der Waals surface area contributed by atoms with E-state index in [0.29, 0.717) is 12.8 Å². The highest BCUT2D eigenvalue weighted by Crippen LogP contribution is 2.39. The number of carbonyl (C=O) groups is 1. The smallest absolute Gasteiger partial charge is 0.347 e. The minimum atomic E-state index is -2.34. The number of nitrogens with zero attached hydrogens (tertiary/aromatic N) is 1. The predicted molar refractivity (Wildman–Crippen MR) is 114 cm³/mol. The van der Waals surface area contributed by atoms with Gasteiger partial charge in [0.1, 0.15) is 29.8 Å². The number of halogens is 5. The largest absolute Gasteiger partial charge is 1.00 e. The highest BCUT2D eigenvalue weighted by molar-refractivity contribution is 6.31. The Morgan fingerprint density at radius 1 is 1.00 bits per heavy atom. The van der Waals surface area contributed by atoms with Crippen molar-refractivity contribution in [2.75, 3.05) is 14.1 Å². The normalized spacial score (nSPS) is 23.5. The van der Waals surface area contributed by atoms with Gasteiger partial charge >= 0.3 is 5.97 Å². The van der Waals surface area contributed by atoms with E-state index in [1.165, 1.54) is 12.1 Å². The van der Waals surface area contributed by atoms with Crippen molar-refractivity contribution in [3.05, 3.63) is 81.4 Å². The van der Waals surface area contributed by atoms with E-state index in [0.717, 1.165) is 28.7 Å². The van der Waals surface area contributed by atoms with E-state index in [1.54, 1.807) is 0 Å². The zero-order valence-corrected chi connectivity index (χ0v) is 20.5. The van der Waals surface area contributed by atoms with E-state index in [4.69, 9.17) is 27.9 Å². The molecule has 0 spiro atoms. The minimum Gasteiger partial charge on any atom is -1.00 e. The molecule has 32 heavy (non-hydrogen) atoms. The molecule has 172 valence electrons. The van der Waals surface area contributed by atoms with Crippen LogP contribution in [0.15, 0.2) is 48.6 Å². The van der Waals surface area contributed by atoms with Crippen LogP contribution in [0.25, 0.3) is 0 Å². The SMILES string of the molecule is C[N+]1(C)C2C=C[C@@H]1CC(OC(=O)C(O)(c1ccc(F)c(Cl)c1)c1ccc(F)c(Cl)c1)C2.[Br-]. The first-order chi connectivity index (χ1) is 14.5. The van der Waals surface area contributed by atoms with Crippen LogP contribution >= 0.6 is 23.2 Å². The number of rotatable bonds is 4. The molecule has 2 aromatic rings. The lowest BCUT2D eigenvalue weighted by molar-refractivity contribution is -0.926. The van der Waals surface area contributed by atoms with Crippen molar-refractivity contribution in [2.24, 2.45) is 0 Å². The Hall–Kier alpha value is -1.51. The molecule has 0 radical (unpaired) electrons. The number of piperidine rings is 1. The first kappa shape index (κ1) is 25.1. The molecule has 4 rings (SSSR count). The third-order valence-corrected chi connectivity index (χ3v) is 7.10. The van der Waals surface area contributed by atoms with Crippen molar-refractivity contribution < 1.29 is 44.9 Å². The number of esters is 1. The van der Waals surface area contributed by atoms with Crippen molar-refractivity contribution in [1.82, 2.24) is 0 Å². The topological polar surface area (TPSA) is 46.5 Å². The van der Waals surface area contributed by atoms with Crippen LogP contribution in [0.4, 0.5) is 8.78 Å². The van der Waals surface area contributed by atoms with Crippen LogP contribution < -0.4 is 17.0 Å². The maximum atomic E-state index is 13.7. The molecule has 2 aliphatic heterocycles. The summed E-state index contributed by atoms with van der Waals surface area (Å²) in [6.45, 7) is 0. The molecule has 0 aliphatic carbocycles. The zero-order valence-electron chi connectivity index (χ0n) is 17.4. The lowest BCUT2D eigenvalue weighted by atomic mass is 9.86. The van der Waals surface area contributed by atoms with Crippen LogP contribution in [0.1, 0.15) is 24.0 Å². The molecule has 9 heteroatoms. The van der Waals surface area contributed by atoms with E-state index in [9.17, 15) is 18.7 Å². The van der Waals surface area contributed by atoms with E-state index < -0.39 is 29.3 Å². The van der Waals surface area contributed by atoms with Gasteiger partial charge in [-0.05, 0) is 36.4 Å². The fourth-order valence-corrected chi connectivity index (χ4v) is 4.82. The summed E-state index contributed by atoms with van der Waals surface area (Å²) in [6, 6.07) is 7.29. The van der Waals surface area contributed by atoms with Gasteiger partial charge in [0.05, 0.1) is 24.1 Å². The minimum absolute atomic E-state index is 0. The molecule has 2 bridgehead atoms. The number of fused-ring (bicyclic) bond motifs is 2. The van der Waals surface area contributed by atoms with Gasteiger partial charge in [0.2, 0.25) is 5.60 Å². The second-order valence-electron chi connectivity index (χ2n) is 8.62. The number of hydrogen-bond donors (Lipinski definition) is 1. The average molecular weight is 549 g/mol. The molecule has 2 aliphatic rings. The number of hydrogen-bond acceptors (Lipinski definition) is 3. The second kappa shape index (κ2) is 9.03. The van der Waals surface area contributed by atoms with Crippen LogP contribution in [0, 0.1) is 11.6 Å². The molecule has 2 unspecified atom stereocenters. The van der Waals surface area contributed by atoms with Gasteiger partial charge in [0.25, 0.3) is 0 Å². The first-order valence-corrected chi connectivity index (χ1v) is 10.6. The Morgan fingerprint density at radius 3 is 1.84 bits per heavy atom. The molecule has 3 atom stereocenters. The Balaban J connectivity index is 0.00000289. The average Bonchev–Trinajstić information content (AvgIpc) is 2.88. The third kappa shape index (κ3) is 4.21. The van der Waals surface area contributed by atoms with Gasteiger partial charge < -0.3 is 31.3 Å². The number of ether oxygens (including phenoxy) is 1. The highest BCUT2D eigenvalue weighted by Gasteiger charge is 2.49. The molecule has 4 nitrogen and oxygen atoms in total. The monoisotopic (exact) mass is 547 g/mol. The van der Waals surface area contributed by atoms with E-state index in [-0.39, 0.29) is 50.2 Å². The molecular formula is C23H22BrCl2F2NO3. The predicted octanol–water partition coefficient (Wildman–Crippen LogP) is 1.60. The van der Waals surface area contributed by atoms with Crippen molar-refractivity contribution in [1.29, 1.82) is 0 Å². The quantitative estimate of drug-likeness (QED) is 0.359. The van der Waals surface area contributed by atoms with Crippen LogP contribution in [0.3, 0.4) is 0 Å². The van der Waals surface area contributed by atoms with Crippen molar-refractivity contribution >= 4 is 29.2 Å². The van der Waals surface area contributed by atoms with Crippen molar-refractivity contribution in [3.63, 3.8) is 0 Å². The Kier molecular flexibility index (Phi) is 7.09. The number of benzene rings is 2. The maximum Gasteiger partial charge on any atom is 0.347 e. The first-order valence-electron chi connectivity index (χ1n) is 9.89. The molecule has 0 amide bonds. The molecule has 2 heterocycles. The van der Waals surface area contributed by atoms with E-state index >= 15 is 0 Å². The van der Waals surface area contributed by atoms with Gasteiger partial charge in [-0.2, -0.15) is 0 Å². The zero-order chi connectivity index (χ0) is 22.6. The molecular weight excluding hydrogens is 527 g/mol. The summed E-state index contributed by atoms with van der Waals surface area (Å²) in [5, 5.41) is 11.0. The Bertz CT molecular complexity index is 1010. The van der Waals surface area contributed by atoms with Crippen LogP contribution in [-0.4, -0.2) is 47.8 Å². The molecule has 2 aromatic carbocycles. The summed E-state index contributed by atoms with van der Waals surface area (Å²) in [5.74, 6) is -2.35. The standard InChI is InChI=1S/C23H22Cl2F2NO3.BrH/c1-28(2)15-5-6-16(28)12-17(11-15)31-22(29)23(30,13-3-7-20(26)18(24)9-13)14-4-8-21(27)19(25)10-14;/h3-10,15-17,30H,11-12H2,1-2H3;1H/q+1;/p-1/t15-,16?,17?;/m1./s1. The molecule has 1 fully saturated rings. The maximum absolute atomic E-state index is 13.7. The van der Waals surface area contributed by atoms with Crippen LogP contribution in [0.5, 0.6) is 0 Å². The summed E-state index contributed by atoms with van der Waals surface area (Å²) in [4.78, 5) is 13.4. The number of quaternary nitrogens is 1. The third-order valence-electron chi connectivity index (χ3n) is 6.52. The van der Waals surface area contributed by atoms with Gasteiger partial charge in [-0.3, -0.25) is 0 Å². The van der Waals surface area contributed by atoms with Crippen LogP contribution in [-0.2, 0) is 15.1 Å². The van der Waals surface area contributed by atoms with Gasteiger partial charge in [0.15, 0.2) is 0 Å². The van der Waals surface area contributed by atoms with Crippen molar-refractivity contribution in [2.45, 2.75) is 36.6 Å². The summed E-state index contributed by atoms with van der Waals surface area (Å²) >= 11 is 11.8. The Labute approximate surface area is 205 Å². The summed E-state index contributed by atoms with van der Waals surface area (Å²) in [5.41, 5.74) is -2.35. The lowest BCUT2D eigenvalue weighted by Gasteiger charge is -2.44. The molecule has 1 saturated heterocycles. The van der Waals surface area contributed by atoms with E-state index in [2.05, 4.69) is 26.2 Å². The molecule has 0 aromatic heterocycles. The summed E-state index contributed by atoms with van der Waals surface area (Å²) in [6.07, 6.45) is 5.06.